The lowest BCUT2D eigenvalue weighted by molar-refractivity contribution is -0.122. The number of rotatable bonds is 10. The van der Waals surface area contributed by atoms with Crippen LogP contribution in [-0.2, 0) is 22.7 Å². The molecular formula is C25H32N4O3. The highest BCUT2D eigenvalue weighted by atomic mass is 16.5. The number of benzene rings is 2. The third-order valence-electron chi connectivity index (χ3n) is 5.99. The number of piperidine rings is 1. The van der Waals surface area contributed by atoms with E-state index in [0.29, 0.717) is 32.2 Å². The highest BCUT2D eigenvalue weighted by molar-refractivity contribution is 5.78. The van der Waals surface area contributed by atoms with Gasteiger partial charge in [-0.15, -0.1) is 0 Å². The van der Waals surface area contributed by atoms with Gasteiger partial charge >= 0.3 is 0 Å². The first-order chi connectivity index (χ1) is 15.7. The zero-order valence-electron chi connectivity index (χ0n) is 18.7. The summed E-state index contributed by atoms with van der Waals surface area (Å²) in [5.41, 5.74) is 2.16. The molecule has 0 atom stereocenters. The quantitative estimate of drug-likeness (QED) is 0.495. The lowest BCUT2D eigenvalue weighted by Crippen LogP contribution is -2.42. The Morgan fingerprint density at radius 2 is 1.84 bits per heavy atom. The second-order valence-corrected chi connectivity index (χ2v) is 8.29. The van der Waals surface area contributed by atoms with E-state index in [-0.39, 0.29) is 5.91 Å². The molecule has 0 saturated carbocycles. The van der Waals surface area contributed by atoms with E-state index in [1.807, 2.05) is 36.4 Å². The molecule has 0 unspecified atom stereocenters. The molecule has 2 aromatic carbocycles. The van der Waals surface area contributed by atoms with E-state index >= 15 is 0 Å². The van der Waals surface area contributed by atoms with Crippen molar-refractivity contribution < 1.29 is 14.3 Å². The number of hydrogen-bond donors (Lipinski definition) is 1. The highest BCUT2D eigenvalue weighted by Crippen LogP contribution is 2.24. The van der Waals surface area contributed by atoms with Crippen LogP contribution >= 0.6 is 0 Å². The smallest absolute Gasteiger partial charge is 0.234 e. The summed E-state index contributed by atoms with van der Waals surface area (Å²) < 4.78 is 13.3. The average Bonchev–Trinajstić information content (AvgIpc) is 3.17. The number of fused-ring (bicyclic) bond motifs is 1. The number of likely N-dealkylation sites (tertiary alicyclic amines) is 1. The number of carbonyl (C=O) groups is 1. The Balaban J connectivity index is 1.36. The number of para-hydroxylation sites is 3. The van der Waals surface area contributed by atoms with Gasteiger partial charge in [0.2, 0.25) is 5.91 Å². The van der Waals surface area contributed by atoms with Gasteiger partial charge in [-0.1, -0.05) is 30.3 Å². The van der Waals surface area contributed by atoms with Crippen LogP contribution in [0.5, 0.6) is 5.75 Å². The molecular weight excluding hydrogens is 404 g/mol. The lowest BCUT2D eigenvalue weighted by Gasteiger charge is -2.32. The summed E-state index contributed by atoms with van der Waals surface area (Å²) in [6.07, 6.45) is 2.13. The van der Waals surface area contributed by atoms with Gasteiger partial charge in [0.25, 0.3) is 0 Å². The van der Waals surface area contributed by atoms with Gasteiger partial charge in [-0.25, -0.2) is 4.98 Å². The first kappa shape index (κ1) is 22.3. The molecule has 2 heterocycles. The summed E-state index contributed by atoms with van der Waals surface area (Å²) in [7, 11) is 1.64. The molecule has 7 nitrogen and oxygen atoms in total. The first-order valence-electron chi connectivity index (χ1n) is 11.3. The van der Waals surface area contributed by atoms with E-state index in [4.69, 9.17) is 14.5 Å². The van der Waals surface area contributed by atoms with Crippen LogP contribution in [0.3, 0.4) is 0 Å². The predicted octanol–water partition coefficient (Wildman–Crippen LogP) is 3.09. The Bertz CT molecular complexity index is 997. The fourth-order valence-electron chi connectivity index (χ4n) is 4.24. The molecule has 1 aromatic heterocycles. The van der Waals surface area contributed by atoms with Crippen LogP contribution < -0.4 is 10.1 Å². The zero-order chi connectivity index (χ0) is 22.2. The van der Waals surface area contributed by atoms with Gasteiger partial charge in [0, 0.05) is 20.2 Å². The van der Waals surface area contributed by atoms with Crippen LogP contribution in [0.4, 0.5) is 0 Å². The molecule has 1 saturated heterocycles. The van der Waals surface area contributed by atoms with E-state index in [9.17, 15) is 4.79 Å². The van der Waals surface area contributed by atoms with Crippen molar-refractivity contribution >= 4 is 16.9 Å². The summed E-state index contributed by atoms with van der Waals surface area (Å²) in [5, 5.41) is 2.90. The molecule has 0 bridgehead atoms. The molecule has 3 aromatic rings. The summed E-state index contributed by atoms with van der Waals surface area (Å²) in [6, 6.07) is 18.1. The van der Waals surface area contributed by atoms with Crippen LogP contribution in [-0.4, -0.2) is 60.3 Å². The van der Waals surface area contributed by atoms with E-state index in [1.54, 1.807) is 7.11 Å². The van der Waals surface area contributed by atoms with Crippen molar-refractivity contribution in [2.24, 2.45) is 5.92 Å². The van der Waals surface area contributed by atoms with Gasteiger partial charge in [-0.3, -0.25) is 9.69 Å². The maximum absolute atomic E-state index is 12.1. The normalized spacial score (nSPS) is 15.2. The number of nitrogens with zero attached hydrogens (tertiary/aromatic N) is 3. The van der Waals surface area contributed by atoms with Gasteiger partial charge < -0.3 is 19.4 Å². The maximum atomic E-state index is 12.1. The van der Waals surface area contributed by atoms with E-state index in [0.717, 1.165) is 55.1 Å². The largest absolute Gasteiger partial charge is 0.486 e. The van der Waals surface area contributed by atoms with Crippen LogP contribution in [0, 0.1) is 5.92 Å². The molecule has 7 heteroatoms. The third-order valence-corrected chi connectivity index (χ3v) is 5.99. The van der Waals surface area contributed by atoms with Crippen LogP contribution in [0.15, 0.2) is 54.6 Å². The number of aromatic nitrogens is 2. The number of methoxy groups -OCH3 is 1. The molecule has 32 heavy (non-hydrogen) atoms. The van der Waals surface area contributed by atoms with Crippen molar-refractivity contribution in [2.45, 2.75) is 26.0 Å². The minimum absolute atomic E-state index is 0.0708. The molecule has 1 aliphatic rings. The Hall–Kier alpha value is -2.90. The average molecular weight is 437 g/mol. The fraction of sp³-hybridized carbons (Fsp3) is 0.440. The Labute approximate surface area is 189 Å². The molecule has 0 radical (unpaired) electrons. The van der Waals surface area contributed by atoms with Crippen molar-refractivity contribution in [3.63, 3.8) is 0 Å². The monoisotopic (exact) mass is 436 g/mol. The zero-order valence-corrected chi connectivity index (χ0v) is 18.7. The maximum Gasteiger partial charge on any atom is 0.234 e. The van der Waals surface area contributed by atoms with Crippen molar-refractivity contribution in [3.8, 4) is 5.75 Å². The topological polar surface area (TPSA) is 68.6 Å². The number of nitrogens with one attached hydrogen (secondary N) is 1. The number of amides is 1. The van der Waals surface area contributed by atoms with E-state index < -0.39 is 0 Å². The standard InChI is InChI=1S/C25H32N4O3/c1-31-16-13-26-25(30)18-28-14-11-20(12-15-28)17-29-23-10-6-5-9-22(23)27-24(29)19-32-21-7-3-2-4-8-21/h2-10,20H,11-19H2,1H3,(H,26,30). The highest BCUT2D eigenvalue weighted by Gasteiger charge is 2.23. The molecule has 1 amide bonds. The molecule has 0 spiro atoms. The second-order valence-electron chi connectivity index (χ2n) is 8.29. The number of imidazole rings is 1. The Morgan fingerprint density at radius 3 is 2.62 bits per heavy atom. The minimum atomic E-state index is 0.0708. The molecule has 0 aliphatic carbocycles. The van der Waals surface area contributed by atoms with Crippen LogP contribution in [0.2, 0.25) is 0 Å². The third kappa shape index (κ3) is 5.87. The van der Waals surface area contributed by atoms with Gasteiger partial charge in [0.05, 0.1) is 24.2 Å². The molecule has 1 N–H and O–H groups in total. The summed E-state index contributed by atoms with van der Waals surface area (Å²) in [4.78, 5) is 19.2. The fourth-order valence-corrected chi connectivity index (χ4v) is 4.24. The van der Waals surface area contributed by atoms with Crippen molar-refractivity contribution in [3.05, 3.63) is 60.4 Å². The van der Waals surface area contributed by atoms with Gasteiger partial charge in [0.15, 0.2) is 0 Å². The Morgan fingerprint density at radius 1 is 1.09 bits per heavy atom. The van der Waals surface area contributed by atoms with Crippen molar-refractivity contribution in [1.29, 1.82) is 0 Å². The first-order valence-corrected chi connectivity index (χ1v) is 11.3. The predicted molar refractivity (Wildman–Crippen MR) is 125 cm³/mol. The summed E-state index contributed by atoms with van der Waals surface area (Å²) in [5.74, 6) is 2.43. The van der Waals surface area contributed by atoms with Crippen LogP contribution in [0.1, 0.15) is 18.7 Å². The SMILES string of the molecule is COCCNC(=O)CN1CCC(Cn2c(COc3ccccc3)nc3ccccc32)CC1. The molecule has 1 fully saturated rings. The molecule has 1 aliphatic heterocycles. The van der Waals surface area contributed by atoms with Gasteiger partial charge in [0.1, 0.15) is 18.2 Å². The van der Waals surface area contributed by atoms with Gasteiger partial charge in [-0.2, -0.15) is 0 Å². The summed E-state index contributed by atoms with van der Waals surface area (Å²) in [6.45, 7) is 4.80. The number of carbonyl (C=O) groups excluding carboxylic acids is 1. The molecule has 4 rings (SSSR count). The second kappa shape index (κ2) is 11.1. The van der Waals surface area contributed by atoms with Gasteiger partial charge in [-0.05, 0) is 56.1 Å². The van der Waals surface area contributed by atoms with E-state index in [1.165, 1.54) is 0 Å². The lowest BCUT2D eigenvalue weighted by atomic mass is 9.96. The number of ether oxygens (including phenoxy) is 2. The van der Waals surface area contributed by atoms with Crippen LogP contribution in [0.25, 0.3) is 11.0 Å². The van der Waals surface area contributed by atoms with E-state index in [2.05, 4.69) is 33.0 Å². The Kier molecular flexibility index (Phi) is 7.74. The summed E-state index contributed by atoms with van der Waals surface area (Å²) >= 11 is 0. The molecule has 170 valence electrons. The minimum Gasteiger partial charge on any atom is -0.486 e. The van der Waals surface area contributed by atoms with Crippen molar-refractivity contribution in [2.75, 3.05) is 39.9 Å². The van der Waals surface area contributed by atoms with Crippen molar-refractivity contribution in [1.82, 2.24) is 19.8 Å². The number of hydrogen-bond acceptors (Lipinski definition) is 5.